The molecular formula is C26H29F5N4O4. The highest BCUT2D eigenvalue weighted by Gasteiger charge is 2.66. The fraction of sp³-hybridized carbons (Fsp3) is 0.500. The van der Waals surface area contributed by atoms with E-state index in [0.717, 1.165) is 26.2 Å². The topological polar surface area (TPSA) is 84.0 Å². The van der Waals surface area contributed by atoms with Gasteiger partial charge in [0.2, 0.25) is 11.7 Å². The molecule has 8 nitrogen and oxygen atoms in total. The zero-order chi connectivity index (χ0) is 28.9. The van der Waals surface area contributed by atoms with Gasteiger partial charge in [-0.05, 0) is 33.2 Å². The van der Waals surface area contributed by atoms with Crippen LogP contribution >= 0.6 is 0 Å². The first kappa shape index (κ1) is 28.7. The minimum Gasteiger partial charge on any atom is -0.493 e. The van der Waals surface area contributed by atoms with Crippen LogP contribution in [-0.4, -0.2) is 73.4 Å². The van der Waals surface area contributed by atoms with Crippen molar-refractivity contribution < 1.29 is 41.0 Å². The molecule has 1 N–H and O–H groups in total. The highest BCUT2D eigenvalue weighted by atomic mass is 19.4. The average molecular weight is 557 g/mol. The molecule has 4 rings (SSSR count). The number of alkyl halides is 3. The molecule has 2 aliphatic rings. The molecule has 2 amide bonds. The van der Waals surface area contributed by atoms with Gasteiger partial charge in [-0.25, -0.2) is 9.37 Å². The Hall–Kier alpha value is -3.32. The number of carbonyl (C=O) groups is 2. The number of nitrogens with zero attached hydrogens (tertiary/aromatic N) is 3. The molecule has 0 unspecified atom stereocenters. The highest BCUT2D eigenvalue weighted by molar-refractivity contribution is 5.98. The predicted octanol–water partition coefficient (Wildman–Crippen LogP) is 4.11. The number of ether oxygens (including phenoxy) is 2. The van der Waals surface area contributed by atoms with Gasteiger partial charge in [-0.1, -0.05) is 13.0 Å². The molecule has 0 aliphatic carbocycles. The number of carbonyl (C=O) groups excluding carboxylic acids is 2. The van der Waals surface area contributed by atoms with E-state index in [9.17, 15) is 31.5 Å². The largest absolute Gasteiger partial charge is 0.493 e. The standard InChI is InChI=1S/C26H29F5N4O4/c1-13-20(16-6-7-17(27)21(28)22(16)38-5)23(39-25(13,2)26(29,30)31)24(37)33-14-8-9-32-18(10-14)35-12-15(34(3)4)11-19(35)36/h6-10,13,15,20,23H,11-12H2,1-5H3,(H,32,33,37)/t13-,15+,20-,23+,25+/m0/s1. The van der Waals surface area contributed by atoms with Crippen LogP contribution in [0.2, 0.25) is 0 Å². The van der Waals surface area contributed by atoms with Gasteiger partial charge < -0.3 is 19.7 Å². The quantitative estimate of drug-likeness (QED) is 0.540. The van der Waals surface area contributed by atoms with Crippen molar-refractivity contribution in [3.8, 4) is 5.75 Å². The number of nitrogens with one attached hydrogen (secondary N) is 1. The lowest BCUT2D eigenvalue weighted by molar-refractivity contribution is -0.272. The number of aromatic nitrogens is 1. The summed E-state index contributed by atoms with van der Waals surface area (Å²) >= 11 is 0. The average Bonchev–Trinajstić information content (AvgIpc) is 3.39. The van der Waals surface area contributed by atoms with Crippen LogP contribution in [0.3, 0.4) is 0 Å². The summed E-state index contributed by atoms with van der Waals surface area (Å²) in [5.41, 5.74) is -2.74. The smallest absolute Gasteiger partial charge is 0.417 e. The summed E-state index contributed by atoms with van der Waals surface area (Å²) < 4.78 is 81.3. The SMILES string of the molecule is COc1c([C@H]2[C@H](C(=O)Nc3ccnc(N4C[C@H](N(C)C)CC4=O)c3)O[C@@](C)(C(F)(F)F)[C@H]2C)ccc(F)c1F. The summed E-state index contributed by atoms with van der Waals surface area (Å²) in [4.78, 5) is 33.5. The summed E-state index contributed by atoms with van der Waals surface area (Å²) in [6.45, 7) is 2.42. The van der Waals surface area contributed by atoms with Gasteiger partial charge >= 0.3 is 6.18 Å². The minimum atomic E-state index is -4.88. The Balaban J connectivity index is 1.67. The summed E-state index contributed by atoms with van der Waals surface area (Å²) in [5, 5.41) is 2.54. The van der Waals surface area contributed by atoms with E-state index < -0.39 is 53.0 Å². The first-order chi connectivity index (χ1) is 18.2. The molecule has 1 aromatic heterocycles. The molecular weight excluding hydrogens is 527 g/mol. The van der Waals surface area contributed by atoms with Crippen molar-refractivity contribution in [1.82, 2.24) is 9.88 Å². The zero-order valence-corrected chi connectivity index (χ0v) is 22.0. The number of likely N-dealkylation sites (N-methyl/N-ethyl adjacent to an activating group) is 1. The van der Waals surface area contributed by atoms with Crippen LogP contribution in [0.5, 0.6) is 5.75 Å². The van der Waals surface area contributed by atoms with Gasteiger partial charge in [0.25, 0.3) is 5.91 Å². The number of methoxy groups -OCH3 is 1. The van der Waals surface area contributed by atoms with Crippen molar-refractivity contribution in [3.63, 3.8) is 0 Å². The Bertz CT molecular complexity index is 1270. The molecule has 5 atom stereocenters. The lowest BCUT2D eigenvalue weighted by atomic mass is 9.77. The van der Waals surface area contributed by atoms with E-state index in [1.54, 1.807) is 0 Å². The molecule has 2 saturated heterocycles. The first-order valence-corrected chi connectivity index (χ1v) is 12.2. The van der Waals surface area contributed by atoms with E-state index in [1.807, 2.05) is 19.0 Å². The molecule has 13 heteroatoms. The van der Waals surface area contributed by atoms with Crippen molar-refractivity contribution in [3.05, 3.63) is 47.7 Å². The summed E-state index contributed by atoms with van der Waals surface area (Å²) in [6, 6.07) is 4.68. The molecule has 2 aromatic rings. The highest BCUT2D eigenvalue weighted by Crippen LogP contribution is 2.55. The number of benzene rings is 1. The Morgan fingerprint density at radius 3 is 2.54 bits per heavy atom. The third-order valence-corrected chi connectivity index (χ3v) is 7.69. The summed E-state index contributed by atoms with van der Waals surface area (Å²) in [7, 11) is 4.75. The number of anilines is 2. The van der Waals surface area contributed by atoms with Gasteiger partial charge in [0.1, 0.15) is 11.9 Å². The number of pyridine rings is 1. The molecule has 0 saturated carbocycles. The molecule has 0 bridgehead atoms. The fourth-order valence-corrected chi connectivity index (χ4v) is 5.15. The lowest BCUT2D eigenvalue weighted by Crippen LogP contribution is -2.47. The Labute approximate surface area is 222 Å². The molecule has 3 heterocycles. The number of hydrogen-bond acceptors (Lipinski definition) is 6. The second kappa shape index (κ2) is 10.3. The zero-order valence-electron chi connectivity index (χ0n) is 22.0. The number of hydrogen-bond donors (Lipinski definition) is 1. The third-order valence-electron chi connectivity index (χ3n) is 7.69. The maximum Gasteiger partial charge on any atom is 0.417 e. The normalized spacial score (nSPS) is 27.4. The second-order valence-electron chi connectivity index (χ2n) is 10.2. The Morgan fingerprint density at radius 2 is 1.95 bits per heavy atom. The van der Waals surface area contributed by atoms with Crippen LogP contribution in [0.4, 0.5) is 33.5 Å². The molecule has 1 aromatic carbocycles. The first-order valence-electron chi connectivity index (χ1n) is 12.2. The van der Waals surface area contributed by atoms with Gasteiger partial charge in [-0.2, -0.15) is 17.6 Å². The maximum absolute atomic E-state index is 14.5. The van der Waals surface area contributed by atoms with Crippen LogP contribution in [0.25, 0.3) is 0 Å². The Morgan fingerprint density at radius 1 is 1.26 bits per heavy atom. The monoisotopic (exact) mass is 556 g/mol. The summed E-state index contributed by atoms with van der Waals surface area (Å²) in [5.74, 6) is -6.80. The molecule has 212 valence electrons. The van der Waals surface area contributed by atoms with Crippen LogP contribution in [0.1, 0.15) is 31.7 Å². The lowest BCUT2D eigenvalue weighted by Gasteiger charge is -2.32. The van der Waals surface area contributed by atoms with Gasteiger partial charge in [0.05, 0.1) is 7.11 Å². The predicted molar refractivity (Wildman–Crippen MR) is 131 cm³/mol. The van der Waals surface area contributed by atoms with Crippen LogP contribution < -0.4 is 15.0 Å². The molecule has 2 aliphatic heterocycles. The second-order valence-corrected chi connectivity index (χ2v) is 10.2. The van der Waals surface area contributed by atoms with E-state index in [-0.39, 0.29) is 35.4 Å². The van der Waals surface area contributed by atoms with Gasteiger partial charge in [0.15, 0.2) is 17.2 Å². The van der Waals surface area contributed by atoms with E-state index in [0.29, 0.717) is 6.54 Å². The number of rotatable bonds is 6. The maximum atomic E-state index is 14.5. The van der Waals surface area contributed by atoms with Crippen LogP contribution in [-0.2, 0) is 14.3 Å². The third kappa shape index (κ3) is 5.05. The van der Waals surface area contributed by atoms with E-state index in [1.165, 1.54) is 30.2 Å². The van der Waals surface area contributed by atoms with E-state index in [2.05, 4.69) is 10.3 Å². The van der Waals surface area contributed by atoms with Crippen molar-refractivity contribution in [2.24, 2.45) is 5.92 Å². The van der Waals surface area contributed by atoms with Crippen LogP contribution in [0.15, 0.2) is 30.5 Å². The van der Waals surface area contributed by atoms with Gasteiger partial charge in [0, 0.05) is 54.4 Å². The van der Waals surface area contributed by atoms with Gasteiger partial charge in [-0.15, -0.1) is 0 Å². The van der Waals surface area contributed by atoms with E-state index in [4.69, 9.17) is 9.47 Å². The van der Waals surface area contributed by atoms with Gasteiger partial charge in [-0.3, -0.25) is 14.5 Å². The van der Waals surface area contributed by atoms with Crippen molar-refractivity contribution in [1.29, 1.82) is 0 Å². The molecule has 0 radical (unpaired) electrons. The molecule has 39 heavy (non-hydrogen) atoms. The molecule has 2 fully saturated rings. The van der Waals surface area contributed by atoms with Crippen molar-refractivity contribution in [2.45, 2.75) is 50.1 Å². The van der Waals surface area contributed by atoms with Crippen molar-refractivity contribution in [2.75, 3.05) is 38.0 Å². The van der Waals surface area contributed by atoms with Crippen molar-refractivity contribution >= 4 is 23.3 Å². The summed E-state index contributed by atoms with van der Waals surface area (Å²) in [6.07, 6.45) is -4.98. The van der Waals surface area contributed by atoms with E-state index >= 15 is 0 Å². The van der Waals surface area contributed by atoms with Crippen LogP contribution in [0, 0.1) is 17.6 Å². The fourth-order valence-electron chi connectivity index (χ4n) is 5.15. The minimum absolute atomic E-state index is 0.0298. The molecule has 0 spiro atoms. The Kier molecular flexibility index (Phi) is 7.60. The number of halogens is 5. The number of amides is 2.